The monoisotopic (exact) mass is 298 g/mol. The molecule has 1 rings (SSSR count). The molecule has 0 atom stereocenters. The lowest BCUT2D eigenvalue weighted by Gasteiger charge is -2.20. The van der Waals surface area contributed by atoms with Crippen LogP contribution in [0.15, 0.2) is 24.3 Å². The van der Waals surface area contributed by atoms with E-state index in [2.05, 4.69) is 15.9 Å². The third kappa shape index (κ3) is 3.73. The summed E-state index contributed by atoms with van der Waals surface area (Å²) in [6.07, 6.45) is 0. The van der Waals surface area contributed by atoms with Crippen LogP contribution in [0.3, 0.4) is 0 Å². The normalized spacial score (nSPS) is 10.1. The van der Waals surface area contributed by atoms with Gasteiger partial charge in [-0.1, -0.05) is 15.9 Å². The molecule has 0 fully saturated rings. The number of benzene rings is 1. The molecule has 94 valence electrons. The van der Waals surface area contributed by atoms with Crippen LogP contribution in [0.5, 0.6) is 0 Å². The molecule has 17 heavy (non-hydrogen) atoms. The van der Waals surface area contributed by atoms with E-state index in [9.17, 15) is 4.79 Å². The molecule has 4 heteroatoms. The number of carbonyl (C=O) groups is 1. The van der Waals surface area contributed by atoms with Crippen molar-refractivity contribution in [2.45, 2.75) is 6.92 Å². The van der Waals surface area contributed by atoms with Crippen LogP contribution in [-0.2, 0) is 0 Å². The van der Waals surface area contributed by atoms with E-state index in [-0.39, 0.29) is 5.91 Å². The third-order valence-electron chi connectivity index (χ3n) is 2.65. The maximum atomic E-state index is 12.1. The van der Waals surface area contributed by atoms with E-state index in [1.54, 1.807) is 0 Å². The van der Waals surface area contributed by atoms with E-state index in [0.29, 0.717) is 0 Å². The Morgan fingerprint density at radius 1 is 1.24 bits per heavy atom. The summed E-state index contributed by atoms with van der Waals surface area (Å²) in [7, 11) is 3.97. The largest absolute Gasteiger partial charge is 0.378 e. The van der Waals surface area contributed by atoms with Gasteiger partial charge in [-0.15, -0.1) is 0 Å². The maximum absolute atomic E-state index is 12.1. The quantitative estimate of drug-likeness (QED) is 0.780. The minimum atomic E-state index is 0.0947. The molecule has 0 radical (unpaired) electrons. The molecule has 3 nitrogen and oxygen atoms in total. The number of hydrogen-bond acceptors (Lipinski definition) is 2. The molecule has 0 saturated heterocycles. The number of halogens is 1. The number of nitrogens with zero attached hydrogens (tertiary/aromatic N) is 2. The summed E-state index contributed by atoms with van der Waals surface area (Å²) >= 11 is 3.36. The number of amides is 1. The van der Waals surface area contributed by atoms with Crippen molar-refractivity contribution in [3.05, 3.63) is 29.8 Å². The van der Waals surface area contributed by atoms with Crippen molar-refractivity contribution < 1.29 is 4.79 Å². The summed E-state index contributed by atoms with van der Waals surface area (Å²) in [4.78, 5) is 16.0. The summed E-state index contributed by atoms with van der Waals surface area (Å²) in [5.41, 5.74) is 1.85. The summed E-state index contributed by atoms with van der Waals surface area (Å²) in [5.74, 6) is 0.0947. The van der Waals surface area contributed by atoms with Crippen molar-refractivity contribution in [2.24, 2.45) is 0 Å². The molecule has 0 spiro atoms. The lowest BCUT2D eigenvalue weighted by molar-refractivity contribution is 0.0775. The zero-order chi connectivity index (χ0) is 12.8. The first-order chi connectivity index (χ1) is 8.10. The predicted octanol–water partition coefficient (Wildman–Crippen LogP) is 2.61. The van der Waals surface area contributed by atoms with Crippen LogP contribution in [0.2, 0.25) is 0 Å². The number of alkyl halides is 1. The number of rotatable bonds is 5. The molecule has 0 unspecified atom stereocenters. The molecule has 0 aromatic heterocycles. The molecule has 0 aliphatic heterocycles. The number of anilines is 1. The lowest BCUT2D eigenvalue weighted by Crippen LogP contribution is -2.32. The molecular weight excluding hydrogens is 280 g/mol. The van der Waals surface area contributed by atoms with Crippen LogP contribution < -0.4 is 4.90 Å². The number of carbonyl (C=O) groups excluding carboxylic acids is 1. The van der Waals surface area contributed by atoms with E-state index in [1.165, 1.54) is 0 Å². The molecule has 0 aliphatic carbocycles. The highest BCUT2D eigenvalue weighted by Crippen LogP contribution is 2.13. The summed E-state index contributed by atoms with van der Waals surface area (Å²) < 4.78 is 0. The maximum Gasteiger partial charge on any atom is 0.253 e. The summed E-state index contributed by atoms with van der Waals surface area (Å²) in [5, 5.41) is 0.808. The van der Waals surface area contributed by atoms with Gasteiger partial charge in [0.2, 0.25) is 0 Å². The standard InChI is InChI=1S/C13H19BrN2O/c1-4-16(10-9-14)13(17)11-5-7-12(8-6-11)15(2)3/h5-8H,4,9-10H2,1-3H3. The SMILES string of the molecule is CCN(CCBr)C(=O)c1ccc(N(C)C)cc1. The second-order valence-electron chi connectivity index (χ2n) is 4.02. The Bertz CT molecular complexity index is 362. The van der Waals surface area contributed by atoms with Crippen LogP contribution >= 0.6 is 15.9 Å². The average Bonchev–Trinajstić information content (AvgIpc) is 2.35. The third-order valence-corrected chi connectivity index (χ3v) is 3.01. The molecule has 0 bridgehead atoms. The van der Waals surface area contributed by atoms with E-state index < -0.39 is 0 Å². The van der Waals surface area contributed by atoms with Crippen molar-refractivity contribution >= 4 is 27.5 Å². The summed E-state index contributed by atoms with van der Waals surface area (Å²) in [6.45, 7) is 3.47. The van der Waals surface area contributed by atoms with Crippen molar-refractivity contribution in [3.63, 3.8) is 0 Å². The zero-order valence-corrected chi connectivity index (χ0v) is 12.2. The van der Waals surface area contributed by atoms with E-state index >= 15 is 0 Å². The molecule has 1 aromatic carbocycles. The fourth-order valence-corrected chi connectivity index (χ4v) is 2.02. The Kier molecular flexibility index (Phi) is 5.48. The van der Waals surface area contributed by atoms with Gasteiger partial charge in [0.1, 0.15) is 0 Å². The molecule has 0 N–H and O–H groups in total. The van der Waals surface area contributed by atoms with Crippen LogP contribution in [0.1, 0.15) is 17.3 Å². The number of hydrogen-bond donors (Lipinski definition) is 0. The second kappa shape index (κ2) is 6.64. The summed E-state index contributed by atoms with van der Waals surface area (Å²) in [6, 6.07) is 7.70. The second-order valence-corrected chi connectivity index (χ2v) is 4.81. The minimum absolute atomic E-state index is 0.0947. The Labute approximate surface area is 112 Å². The molecule has 0 aliphatic rings. The molecular formula is C13H19BrN2O. The highest BCUT2D eigenvalue weighted by atomic mass is 79.9. The zero-order valence-electron chi connectivity index (χ0n) is 10.6. The van der Waals surface area contributed by atoms with Gasteiger partial charge >= 0.3 is 0 Å². The van der Waals surface area contributed by atoms with Gasteiger partial charge in [-0.05, 0) is 31.2 Å². The van der Waals surface area contributed by atoms with Gasteiger partial charge in [0.25, 0.3) is 5.91 Å². The first-order valence-electron chi connectivity index (χ1n) is 5.72. The fraction of sp³-hybridized carbons (Fsp3) is 0.462. The van der Waals surface area contributed by atoms with Gasteiger partial charge < -0.3 is 9.80 Å². The molecule has 0 saturated carbocycles. The van der Waals surface area contributed by atoms with Crippen molar-refractivity contribution in [1.82, 2.24) is 4.90 Å². The highest BCUT2D eigenvalue weighted by Gasteiger charge is 2.13. The van der Waals surface area contributed by atoms with Crippen LogP contribution in [0.4, 0.5) is 5.69 Å². The Morgan fingerprint density at radius 3 is 2.24 bits per heavy atom. The fourth-order valence-electron chi connectivity index (χ4n) is 1.59. The van der Waals surface area contributed by atoms with Gasteiger partial charge in [0.15, 0.2) is 0 Å². The van der Waals surface area contributed by atoms with Crippen LogP contribution in [-0.4, -0.2) is 43.3 Å². The lowest BCUT2D eigenvalue weighted by atomic mass is 10.1. The predicted molar refractivity (Wildman–Crippen MR) is 76.1 cm³/mol. The van der Waals surface area contributed by atoms with E-state index in [0.717, 1.165) is 29.7 Å². The minimum Gasteiger partial charge on any atom is -0.378 e. The van der Waals surface area contributed by atoms with Gasteiger partial charge in [0.05, 0.1) is 0 Å². The van der Waals surface area contributed by atoms with Gasteiger partial charge in [0, 0.05) is 43.8 Å². The molecule has 1 amide bonds. The van der Waals surface area contributed by atoms with Crippen molar-refractivity contribution in [2.75, 3.05) is 37.4 Å². The Balaban J connectivity index is 2.81. The first kappa shape index (κ1) is 14.0. The van der Waals surface area contributed by atoms with Crippen molar-refractivity contribution in [3.8, 4) is 0 Å². The first-order valence-corrected chi connectivity index (χ1v) is 6.85. The Morgan fingerprint density at radius 2 is 1.82 bits per heavy atom. The van der Waals surface area contributed by atoms with Crippen molar-refractivity contribution in [1.29, 1.82) is 0 Å². The smallest absolute Gasteiger partial charge is 0.253 e. The van der Waals surface area contributed by atoms with Crippen LogP contribution in [0.25, 0.3) is 0 Å². The van der Waals surface area contributed by atoms with E-state index in [1.807, 2.05) is 55.1 Å². The molecule has 0 heterocycles. The van der Waals surface area contributed by atoms with Gasteiger partial charge in [-0.3, -0.25) is 4.79 Å². The Hall–Kier alpha value is -1.03. The molecule has 1 aromatic rings. The average molecular weight is 299 g/mol. The van der Waals surface area contributed by atoms with Crippen LogP contribution in [0, 0.1) is 0 Å². The topological polar surface area (TPSA) is 23.6 Å². The highest BCUT2D eigenvalue weighted by molar-refractivity contribution is 9.09. The van der Waals surface area contributed by atoms with E-state index in [4.69, 9.17) is 0 Å². The van der Waals surface area contributed by atoms with Gasteiger partial charge in [-0.2, -0.15) is 0 Å². The van der Waals surface area contributed by atoms with Gasteiger partial charge in [-0.25, -0.2) is 0 Å².